The highest BCUT2D eigenvalue weighted by atomic mass is 35.5. The number of fused-ring (bicyclic) bond motifs is 1. The van der Waals surface area contributed by atoms with E-state index in [-0.39, 0.29) is 18.2 Å². The summed E-state index contributed by atoms with van der Waals surface area (Å²) in [5, 5.41) is 10.7. The van der Waals surface area contributed by atoms with Crippen LogP contribution in [0.15, 0.2) is 46.9 Å². The maximum absolute atomic E-state index is 9.86. The number of hydrogen-bond acceptors (Lipinski definition) is 3. The van der Waals surface area contributed by atoms with Crippen LogP contribution in [-0.2, 0) is 0 Å². The van der Waals surface area contributed by atoms with Gasteiger partial charge in [0.15, 0.2) is 11.5 Å². The minimum absolute atomic E-state index is 0. The van der Waals surface area contributed by atoms with Crippen molar-refractivity contribution in [1.29, 1.82) is 0 Å². The molecule has 23 heavy (non-hydrogen) atoms. The zero-order chi connectivity index (χ0) is 15.7. The number of phenols is 1. The second kappa shape index (κ2) is 6.75. The van der Waals surface area contributed by atoms with Crippen molar-refractivity contribution >= 4 is 11.0 Å². The average molecular weight is 333 g/mol. The fourth-order valence-corrected chi connectivity index (χ4v) is 2.45. The van der Waals surface area contributed by atoms with Crippen molar-refractivity contribution in [3.8, 4) is 28.6 Å². The molecule has 0 fully saturated rings. The predicted octanol–water partition coefficient (Wildman–Crippen LogP) is 1.42. The van der Waals surface area contributed by atoms with Crippen molar-refractivity contribution < 1.29 is 31.4 Å². The van der Waals surface area contributed by atoms with Crippen LogP contribution in [-0.4, -0.2) is 19.3 Å². The average Bonchev–Trinajstić information content (AvgIpc) is 2.54. The largest absolute Gasteiger partial charge is 1.00 e. The number of hydrogen-bond donors (Lipinski definition) is 1. The smallest absolute Gasteiger partial charge is 0.364 e. The molecule has 3 aromatic rings. The van der Waals surface area contributed by atoms with E-state index < -0.39 is 0 Å². The first-order valence-electron chi connectivity index (χ1n) is 6.91. The molecule has 0 saturated carbocycles. The Morgan fingerprint density at radius 1 is 0.957 bits per heavy atom. The molecular weight excluding hydrogens is 316 g/mol. The summed E-state index contributed by atoms with van der Waals surface area (Å²) in [6.07, 6.45) is 0. The lowest BCUT2D eigenvalue weighted by atomic mass is 10.1. The van der Waals surface area contributed by atoms with Crippen molar-refractivity contribution in [2.45, 2.75) is 6.92 Å². The number of aryl methyl sites for hydroxylation is 1. The summed E-state index contributed by atoms with van der Waals surface area (Å²) in [4.78, 5) is 0. The topological polar surface area (TPSA) is 50.0 Å². The van der Waals surface area contributed by atoms with Crippen LogP contribution in [0.25, 0.3) is 22.3 Å². The first-order chi connectivity index (χ1) is 10.6. The Bertz CT molecular complexity index is 829. The van der Waals surface area contributed by atoms with Gasteiger partial charge < -0.3 is 27.0 Å². The quantitative estimate of drug-likeness (QED) is 0.737. The number of benzene rings is 2. The van der Waals surface area contributed by atoms with Gasteiger partial charge in [-0.3, -0.25) is 0 Å². The molecule has 1 N–H and O–H groups in total. The number of aromatic hydroxyl groups is 1. The Labute approximate surface area is 140 Å². The summed E-state index contributed by atoms with van der Waals surface area (Å²) < 4.78 is 16.3. The van der Waals surface area contributed by atoms with E-state index in [1.807, 2.05) is 37.3 Å². The third-order valence-corrected chi connectivity index (χ3v) is 3.61. The standard InChI is InChI=1S/C18H16O4.ClH/c1-11-8-13-9-15(19)17(21-3)10-16(13)22-18(11)12-4-6-14(20-2)7-5-12;/h4-10H,1-3H3;1H. The highest BCUT2D eigenvalue weighted by Gasteiger charge is 2.21. The summed E-state index contributed by atoms with van der Waals surface area (Å²) in [6.45, 7) is 1.98. The van der Waals surface area contributed by atoms with Crippen LogP contribution >= 0.6 is 0 Å². The highest BCUT2D eigenvalue weighted by molar-refractivity contribution is 5.83. The van der Waals surface area contributed by atoms with Gasteiger partial charge in [0.05, 0.1) is 36.8 Å². The van der Waals surface area contributed by atoms with Crippen LogP contribution in [0.3, 0.4) is 0 Å². The zero-order valence-electron chi connectivity index (χ0n) is 13.1. The maximum atomic E-state index is 9.86. The van der Waals surface area contributed by atoms with E-state index in [9.17, 15) is 5.11 Å². The highest BCUT2D eigenvalue weighted by Crippen LogP contribution is 2.35. The Balaban J connectivity index is 0.00000192. The van der Waals surface area contributed by atoms with Gasteiger partial charge >= 0.3 is 11.3 Å². The molecule has 1 aromatic heterocycles. The third kappa shape index (κ3) is 3.17. The minimum atomic E-state index is 0. The summed E-state index contributed by atoms with van der Waals surface area (Å²) in [5.41, 5.74) is 2.61. The molecule has 120 valence electrons. The summed E-state index contributed by atoms with van der Waals surface area (Å²) >= 11 is 0. The number of ether oxygens (including phenoxy) is 2. The first-order valence-corrected chi connectivity index (χ1v) is 6.91. The number of methoxy groups -OCH3 is 2. The van der Waals surface area contributed by atoms with Crippen molar-refractivity contribution in [2.75, 3.05) is 14.2 Å². The van der Waals surface area contributed by atoms with Crippen LogP contribution in [0.2, 0.25) is 0 Å². The van der Waals surface area contributed by atoms with Gasteiger partial charge in [-0.1, -0.05) is 0 Å². The molecular formula is C18H17ClO4. The van der Waals surface area contributed by atoms with E-state index in [1.165, 1.54) is 7.11 Å². The number of halogens is 1. The van der Waals surface area contributed by atoms with Crippen molar-refractivity contribution in [1.82, 2.24) is 0 Å². The van der Waals surface area contributed by atoms with E-state index in [0.29, 0.717) is 11.3 Å². The van der Waals surface area contributed by atoms with Gasteiger partial charge in [-0.25, -0.2) is 4.42 Å². The molecule has 1 heterocycles. The summed E-state index contributed by atoms with van der Waals surface area (Å²) in [7, 11) is 3.15. The van der Waals surface area contributed by atoms with Gasteiger partial charge in [0, 0.05) is 6.07 Å². The van der Waals surface area contributed by atoms with Gasteiger partial charge in [0.25, 0.3) is 0 Å². The van der Waals surface area contributed by atoms with Crippen molar-refractivity contribution in [2.24, 2.45) is 0 Å². The molecule has 0 aliphatic heterocycles. The van der Waals surface area contributed by atoms with Gasteiger partial charge in [-0.2, -0.15) is 0 Å². The fourth-order valence-electron chi connectivity index (χ4n) is 2.45. The first kappa shape index (κ1) is 16.9. The SMILES string of the molecule is COc1ccc(-c2[o+]c3cc(OC)c(O)cc3cc2C)cc1.[Cl-]. The molecule has 0 spiro atoms. The Morgan fingerprint density at radius 2 is 1.65 bits per heavy atom. The van der Waals surface area contributed by atoms with E-state index in [2.05, 4.69) is 0 Å². The molecule has 0 atom stereocenters. The Kier molecular flexibility index (Phi) is 4.96. The van der Waals surface area contributed by atoms with Crippen LogP contribution in [0.5, 0.6) is 17.2 Å². The van der Waals surface area contributed by atoms with Gasteiger partial charge in [-0.05, 0) is 37.3 Å². The summed E-state index contributed by atoms with van der Waals surface area (Å²) in [6, 6.07) is 13.0. The van der Waals surface area contributed by atoms with Crippen LogP contribution in [0.1, 0.15) is 5.56 Å². The molecule has 0 saturated heterocycles. The Morgan fingerprint density at radius 3 is 2.26 bits per heavy atom. The molecule has 0 aliphatic rings. The molecule has 0 aliphatic carbocycles. The monoisotopic (exact) mass is 332 g/mol. The van der Waals surface area contributed by atoms with Crippen LogP contribution in [0, 0.1) is 6.92 Å². The lowest BCUT2D eigenvalue weighted by molar-refractivity contribution is -0.00000641. The maximum Gasteiger partial charge on any atom is 0.364 e. The predicted molar refractivity (Wildman–Crippen MR) is 85.6 cm³/mol. The molecule has 2 aromatic carbocycles. The Hall–Kier alpha value is -2.46. The normalized spacial score (nSPS) is 10.2. The second-order valence-electron chi connectivity index (χ2n) is 5.05. The van der Waals surface area contributed by atoms with E-state index in [0.717, 1.165) is 28.0 Å². The molecule has 3 rings (SSSR count). The third-order valence-electron chi connectivity index (χ3n) is 3.61. The molecule has 0 amide bonds. The molecule has 0 bridgehead atoms. The van der Waals surface area contributed by atoms with E-state index in [1.54, 1.807) is 19.2 Å². The lowest BCUT2D eigenvalue weighted by Crippen LogP contribution is -3.00. The molecule has 4 nitrogen and oxygen atoms in total. The van der Waals surface area contributed by atoms with Gasteiger partial charge in [-0.15, -0.1) is 0 Å². The van der Waals surface area contributed by atoms with Crippen molar-refractivity contribution in [3.05, 3.63) is 48.0 Å². The lowest BCUT2D eigenvalue weighted by Gasteiger charge is -2.03. The van der Waals surface area contributed by atoms with Gasteiger partial charge in [0.1, 0.15) is 5.75 Å². The molecule has 5 heteroatoms. The minimum Gasteiger partial charge on any atom is -1.00 e. The number of rotatable bonds is 3. The zero-order valence-corrected chi connectivity index (χ0v) is 13.8. The number of phenolic OH excluding ortho intramolecular Hbond substituents is 1. The summed E-state index contributed by atoms with van der Waals surface area (Å²) in [5.74, 6) is 2.07. The van der Waals surface area contributed by atoms with Crippen LogP contribution < -0.4 is 21.9 Å². The second-order valence-corrected chi connectivity index (χ2v) is 5.05. The van der Waals surface area contributed by atoms with Crippen LogP contribution in [0.4, 0.5) is 0 Å². The van der Waals surface area contributed by atoms with E-state index >= 15 is 0 Å². The fraction of sp³-hybridized carbons (Fsp3) is 0.167. The molecule has 0 unspecified atom stereocenters. The molecule has 0 radical (unpaired) electrons. The van der Waals surface area contributed by atoms with Gasteiger partial charge in [0.2, 0.25) is 0 Å². The van der Waals surface area contributed by atoms with E-state index in [4.69, 9.17) is 13.9 Å². The van der Waals surface area contributed by atoms with Crippen molar-refractivity contribution in [3.63, 3.8) is 0 Å².